The van der Waals surface area contributed by atoms with Gasteiger partial charge in [0.15, 0.2) is 5.82 Å². The van der Waals surface area contributed by atoms with Crippen molar-refractivity contribution in [2.24, 2.45) is 11.8 Å². The molecule has 1 aliphatic rings. The van der Waals surface area contributed by atoms with Crippen LogP contribution in [0.1, 0.15) is 38.3 Å². The number of hydrogen-bond donors (Lipinski definition) is 1. The Morgan fingerprint density at radius 1 is 1.32 bits per heavy atom. The van der Waals surface area contributed by atoms with Gasteiger partial charge in [0.05, 0.1) is 5.69 Å². The van der Waals surface area contributed by atoms with E-state index in [0.717, 1.165) is 35.4 Å². The van der Waals surface area contributed by atoms with Crippen molar-refractivity contribution in [1.29, 1.82) is 0 Å². The summed E-state index contributed by atoms with van der Waals surface area (Å²) < 4.78 is 1.90. The first-order valence-electron chi connectivity index (χ1n) is 7.27. The van der Waals surface area contributed by atoms with E-state index in [4.69, 9.17) is 0 Å². The third kappa shape index (κ3) is 2.72. The molecule has 0 unspecified atom stereocenters. The Hall–Kier alpha value is -1.58. The van der Waals surface area contributed by atoms with Crippen LogP contribution >= 0.6 is 0 Å². The lowest BCUT2D eigenvalue weighted by Crippen LogP contribution is -2.20. The molecule has 0 amide bonds. The lowest BCUT2D eigenvalue weighted by molar-refractivity contribution is 0.300. The topological polar surface area (TPSA) is 42.2 Å². The quantitative estimate of drug-likeness (QED) is 0.918. The summed E-state index contributed by atoms with van der Waals surface area (Å²) in [6.45, 7) is 5.41. The lowest BCUT2D eigenvalue weighted by atomic mass is 9.83. The number of hydrogen-bond acceptors (Lipinski definition) is 3. The molecular weight excluding hydrogens is 236 g/mol. The van der Waals surface area contributed by atoms with Gasteiger partial charge in [-0.1, -0.05) is 19.8 Å². The zero-order valence-corrected chi connectivity index (χ0v) is 11.8. The molecular formula is C15H22N4. The van der Waals surface area contributed by atoms with Crippen LogP contribution in [0.15, 0.2) is 18.5 Å². The van der Waals surface area contributed by atoms with Crippen molar-refractivity contribution in [1.82, 2.24) is 14.6 Å². The Balaban J connectivity index is 1.68. The van der Waals surface area contributed by atoms with Crippen LogP contribution in [0.5, 0.6) is 0 Å². The number of fused-ring (bicyclic) bond motifs is 1. The van der Waals surface area contributed by atoms with Crippen LogP contribution in [-0.2, 0) is 0 Å². The normalized spacial score (nSPS) is 23.7. The van der Waals surface area contributed by atoms with E-state index in [1.807, 2.05) is 23.8 Å². The van der Waals surface area contributed by atoms with Crippen LogP contribution in [-0.4, -0.2) is 21.1 Å². The van der Waals surface area contributed by atoms with Gasteiger partial charge in [-0.05, 0) is 37.7 Å². The Kier molecular flexibility index (Phi) is 3.40. The van der Waals surface area contributed by atoms with Crippen molar-refractivity contribution in [2.45, 2.75) is 39.5 Å². The number of nitrogens with one attached hydrogen (secondary N) is 1. The molecule has 2 heterocycles. The van der Waals surface area contributed by atoms with Gasteiger partial charge in [-0.25, -0.2) is 9.50 Å². The molecule has 1 aliphatic carbocycles. The van der Waals surface area contributed by atoms with Crippen molar-refractivity contribution in [2.75, 3.05) is 11.9 Å². The smallest absolute Gasteiger partial charge is 0.152 e. The monoisotopic (exact) mass is 258 g/mol. The molecule has 0 saturated heterocycles. The fraction of sp³-hybridized carbons (Fsp3) is 0.600. The summed E-state index contributed by atoms with van der Waals surface area (Å²) in [4.78, 5) is 4.45. The van der Waals surface area contributed by atoms with Gasteiger partial charge in [0.25, 0.3) is 0 Å². The molecule has 0 aliphatic heterocycles. The van der Waals surface area contributed by atoms with Crippen molar-refractivity contribution >= 4 is 11.3 Å². The zero-order valence-electron chi connectivity index (χ0n) is 11.8. The van der Waals surface area contributed by atoms with Crippen molar-refractivity contribution in [3.05, 3.63) is 24.2 Å². The molecule has 2 aromatic rings. The largest absolute Gasteiger partial charge is 0.368 e. The van der Waals surface area contributed by atoms with Crippen LogP contribution in [0.3, 0.4) is 0 Å². The molecule has 3 rings (SSSR count). The molecule has 4 nitrogen and oxygen atoms in total. The Morgan fingerprint density at radius 3 is 2.89 bits per heavy atom. The fourth-order valence-electron chi connectivity index (χ4n) is 2.95. The van der Waals surface area contributed by atoms with Gasteiger partial charge < -0.3 is 5.32 Å². The molecule has 1 fully saturated rings. The molecule has 1 N–H and O–H groups in total. The third-order valence-corrected chi connectivity index (χ3v) is 4.21. The highest BCUT2D eigenvalue weighted by atomic mass is 15.2. The van der Waals surface area contributed by atoms with Crippen molar-refractivity contribution in [3.63, 3.8) is 0 Å². The first-order valence-corrected chi connectivity index (χ1v) is 7.27. The van der Waals surface area contributed by atoms with Crippen LogP contribution in [0, 0.1) is 18.8 Å². The van der Waals surface area contributed by atoms with E-state index in [-0.39, 0.29) is 0 Å². The van der Waals surface area contributed by atoms with Crippen LogP contribution < -0.4 is 5.32 Å². The number of nitrogens with zero attached hydrogens (tertiary/aromatic N) is 3. The summed E-state index contributed by atoms with van der Waals surface area (Å²) in [5, 5.41) is 7.93. The SMILES string of the molecule is Cc1cc2c(NCC3CCC(C)CC3)nccn2n1. The third-order valence-electron chi connectivity index (χ3n) is 4.21. The molecule has 19 heavy (non-hydrogen) atoms. The highest BCUT2D eigenvalue weighted by molar-refractivity contribution is 5.67. The summed E-state index contributed by atoms with van der Waals surface area (Å²) in [5.74, 6) is 2.67. The van der Waals surface area contributed by atoms with E-state index in [0.29, 0.717) is 0 Å². The average molecular weight is 258 g/mol. The zero-order chi connectivity index (χ0) is 13.2. The van der Waals surface area contributed by atoms with Gasteiger partial charge in [-0.15, -0.1) is 0 Å². The maximum atomic E-state index is 4.45. The summed E-state index contributed by atoms with van der Waals surface area (Å²) in [5.41, 5.74) is 2.10. The van der Waals surface area contributed by atoms with Crippen molar-refractivity contribution in [3.8, 4) is 0 Å². The van der Waals surface area contributed by atoms with E-state index in [1.54, 1.807) is 0 Å². The maximum Gasteiger partial charge on any atom is 0.152 e. The Bertz CT molecular complexity index is 552. The Morgan fingerprint density at radius 2 is 2.11 bits per heavy atom. The highest BCUT2D eigenvalue weighted by Crippen LogP contribution is 2.28. The summed E-state index contributed by atoms with van der Waals surface area (Å²) >= 11 is 0. The second-order valence-electron chi connectivity index (χ2n) is 5.90. The van der Waals surface area contributed by atoms with Crippen molar-refractivity contribution < 1.29 is 0 Å². The van der Waals surface area contributed by atoms with Crippen LogP contribution in [0.2, 0.25) is 0 Å². The van der Waals surface area contributed by atoms with E-state index in [9.17, 15) is 0 Å². The fourth-order valence-corrected chi connectivity index (χ4v) is 2.95. The first-order chi connectivity index (χ1) is 9.22. The molecule has 0 radical (unpaired) electrons. The first kappa shape index (κ1) is 12.5. The molecule has 0 aromatic carbocycles. The molecule has 4 heteroatoms. The molecule has 0 atom stereocenters. The summed E-state index contributed by atoms with van der Waals surface area (Å²) in [7, 11) is 0. The minimum Gasteiger partial charge on any atom is -0.368 e. The highest BCUT2D eigenvalue weighted by Gasteiger charge is 2.18. The van der Waals surface area contributed by atoms with Gasteiger partial charge >= 0.3 is 0 Å². The summed E-state index contributed by atoms with van der Waals surface area (Å²) in [6.07, 6.45) is 9.14. The van der Waals surface area contributed by atoms with E-state index >= 15 is 0 Å². The predicted octanol–water partition coefficient (Wildman–Crippen LogP) is 3.28. The number of anilines is 1. The number of aromatic nitrogens is 3. The van der Waals surface area contributed by atoms with Gasteiger partial charge in [0.1, 0.15) is 5.52 Å². The van der Waals surface area contributed by atoms with E-state index in [2.05, 4.69) is 28.4 Å². The standard InChI is InChI=1S/C15H22N4/c1-11-3-5-13(6-4-11)10-17-15-14-9-12(2)18-19(14)8-7-16-15/h7-9,11,13H,3-6,10H2,1-2H3,(H,16,17). The molecule has 102 valence electrons. The minimum atomic E-state index is 0.794. The molecule has 0 bridgehead atoms. The van der Waals surface area contributed by atoms with E-state index < -0.39 is 0 Å². The molecule has 2 aromatic heterocycles. The van der Waals surface area contributed by atoms with E-state index in [1.165, 1.54) is 25.7 Å². The minimum absolute atomic E-state index is 0.794. The van der Waals surface area contributed by atoms with Gasteiger partial charge in [0, 0.05) is 18.9 Å². The van der Waals surface area contributed by atoms with Crippen LogP contribution in [0.4, 0.5) is 5.82 Å². The van der Waals surface area contributed by atoms with Gasteiger partial charge in [0.2, 0.25) is 0 Å². The average Bonchev–Trinajstić information content (AvgIpc) is 2.79. The van der Waals surface area contributed by atoms with Gasteiger partial charge in [-0.3, -0.25) is 0 Å². The predicted molar refractivity (Wildman–Crippen MR) is 77.3 cm³/mol. The van der Waals surface area contributed by atoms with Gasteiger partial charge in [-0.2, -0.15) is 5.10 Å². The Labute approximate surface area is 114 Å². The lowest BCUT2D eigenvalue weighted by Gasteiger charge is -2.26. The summed E-state index contributed by atoms with van der Waals surface area (Å²) in [6, 6.07) is 2.08. The molecule has 1 saturated carbocycles. The second-order valence-corrected chi connectivity index (χ2v) is 5.90. The molecule has 0 spiro atoms. The maximum absolute atomic E-state index is 4.45. The number of aryl methyl sites for hydroxylation is 1. The number of rotatable bonds is 3. The second kappa shape index (κ2) is 5.19. The van der Waals surface area contributed by atoms with Crippen LogP contribution in [0.25, 0.3) is 5.52 Å².